The Kier molecular flexibility index (Phi) is 5.42. The molecule has 1 aliphatic rings. The van der Waals surface area contributed by atoms with Crippen LogP contribution in [0.2, 0.25) is 0 Å². The van der Waals surface area contributed by atoms with Gasteiger partial charge in [0.25, 0.3) is 0 Å². The fourth-order valence-corrected chi connectivity index (χ4v) is 4.05. The zero-order valence-electron chi connectivity index (χ0n) is 16.3. The van der Waals surface area contributed by atoms with Crippen molar-refractivity contribution in [3.8, 4) is 0 Å². The van der Waals surface area contributed by atoms with E-state index in [1.807, 2.05) is 36.9 Å². The Bertz CT molecular complexity index is 762. The fourth-order valence-electron chi connectivity index (χ4n) is 3.02. The number of nitrogens with zero attached hydrogens (tertiary/aromatic N) is 4. The summed E-state index contributed by atoms with van der Waals surface area (Å²) in [6, 6.07) is 10.7. The van der Waals surface area contributed by atoms with Gasteiger partial charge in [0.15, 0.2) is 5.16 Å². The van der Waals surface area contributed by atoms with Gasteiger partial charge in [0, 0.05) is 18.1 Å². The van der Waals surface area contributed by atoms with Crippen molar-refractivity contribution in [1.82, 2.24) is 19.7 Å². The predicted molar refractivity (Wildman–Crippen MR) is 105 cm³/mol. The summed E-state index contributed by atoms with van der Waals surface area (Å²) in [6.45, 7) is 10.8. The molecule has 5 nitrogen and oxygen atoms in total. The maximum Gasteiger partial charge on any atom is 0.236 e. The summed E-state index contributed by atoms with van der Waals surface area (Å²) in [4.78, 5) is 15.2. The third kappa shape index (κ3) is 4.29. The van der Waals surface area contributed by atoms with E-state index in [4.69, 9.17) is 0 Å². The van der Waals surface area contributed by atoms with Crippen molar-refractivity contribution < 1.29 is 4.79 Å². The molecule has 0 unspecified atom stereocenters. The Morgan fingerprint density at radius 3 is 2.50 bits per heavy atom. The number of carbonyl (C=O) groups excluding carboxylic acids is 1. The molecule has 1 atom stereocenters. The van der Waals surface area contributed by atoms with Crippen LogP contribution in [0.25, 0.3) is 0 Å². The SMILES string of the molecule is Cc1nnc(S[C@@H](C)C(=O)N(Cc2ccccc2)C(C)(C)C)n1C1CC1. The van der Waals surface area contributed by atoms with Gasteiger partial charge in [0.2, 0.25) is 5.91 Å². The maximum absolute atomic E-state index is 13.2. The molecule has 3 rings (SSSR count). The van der Waals surface area contributed by atoms with Gasteiger partial charge in [0.05, 0.1) is 5.25 Å². The first-order valence-electron chi connectivity index (χ1n) is 9.21. The topological polar surface area (TPSA) is 51.0 Å². The third-order valence-electron chi connectivity index (χ3n) is 4.64. The van der Waals surface area contributed by atoms with Crippen molar-refractivity contribution in [3.63, 3.8) is 0 Å². The summed E-state index contributed by atoms with van der Waals surface area (Å²) in [7, 11) is 0. The predicted octanol–water partition coefficient (Wildman–Crippen LogP) is 4.23. The molecular weight excluding hydrogens is 344 g/mol. The fraction of sp³-hybridized carbons (Fsp3) is 0.550. The average Bonchev–Trinajstić information content (AvgIpc) is 3.36. The number of hydrogen-bond donors (Lipinski definition) is 0. The number of rotatable bonds is 6. The summed E-state index contributed by atoms with van der Waals surface area (Å²) < 4.78 is 2.19. The number of benzene rings is 1. The van der Waals surface area contributed by atoms with Crippen LogP contribution in [0, 0.1) is 6.92 Å². The summed E-state index contributed by atoms with van der Waals surface area (Å²) in [6.07, 6.45) is 2.35. The second-order valence-corrected chi connectivity index (χ2v) is 9.28. The molecule has 140 valence electrons. The van der Waals surface area contributed by atoms with Gasteiger partial charge in [-0.15, -0.1) is 10.2 Å². The zero-order valence-corrected chi connectivity index (χ0v) is 17.1. The first-order chi connectivity index (χ1) is 12.3. The second-order valence-electron chi connectivity index (χ2n) is 7.97. The lowest BCUT2D eigenvalue weighted by molar-refractivity contribution is -0.135. The molecule has 1 fully saturated rings. The molecule has 1 aliphatic carbocycles. The largest absolute Gasteiger partial charge is 0.333 e. The Hall–Kier alpha value is -1.82. The number of carbonyl (C=O) groups is 1. The van der Waals surface area contributed by atoms with Gasteiger partial charge in [-0.2, -0.15) is 0 Å². The van der Waals surface area contributed by atoms with Gasteiger partial charge in [0.1, 0.15) is 5.82 Å². The smallest absolute Gasteiger partial charge is 0.236 e. The van der Waals surface area contributed by atoms with E-state index in [-0.39, 0.29) is 16.7 Å². The van der Waals surface area contributed by atoms with Gasteiger partial charge in [-0.25, -0.2) is 0 Å². The summed E-state index contributed by atoms with van der Waals surface area (Å²) in [5.74, 6) is 1.07. The molecular formula is C20H28N4OS. The molecule has 0 saturated heterocycles. The van der Waals surface area contributed by atoms with Crippen LogP contribution in [0.5, 0.6) is 0 Å². The number of hydrogen-bond acceptors (Lipinski definition) is 4. The van der Waals surface area contributed by atoms with Gasteiger partial charge in [-0.1, -0.05) is 42.1 Å². The van der Waals surface area contributed by atoms with Crippen LogP contribution in [-0.4, -0.2) is 36.4 Å². The van der Waals surface area contributed by atoms with E-state index >= 15 is 0 Å². The number of aryl methyl sites for hydroxylation is 1. The highest BCUT2D eigenvalue weighted by Crippen LogP contribution is 2.39. The van der Waals surface area contributed by atoms with Crippen LogP contribution in [0.4, 0.5) is 0 Å². The monoisotopic (exact) mass is 372 g/mol. The Balaban J connectivity index is 1.76. The Morgan fingerprint density at radius 2 is 1.92 bits per heavy atom. The number of thioether (sulfide) groups is 1. The van der Waals surface area contributed by atoms with E-state index < -0.39 is 0 Å². The van der Waals surface area contributed by atoms with Crippen LogP contribution in [0.3, 0.4) is 0 Å². The van der Waals surface area contributed by atoms with E-state index in [1.165, 1.54) is 24.6 Å². The van der Waals surface area contributed by atoms with Crippen molar-refractivity contribution in [1.29, 1.82) is 0 Å². The molecule has 1 aromatic heterocycles. The van der Waals surface area contributed by atoms with Crippen LogP contribution >= 0.6 is 11.8 Å². The molecule has 0 radical (unpaired) electrons. The quantitative estimate of drug-likeness (QED) is 0.712. The van der Waals surface area contributed by atoms with Gasteiger partial charge in [-0.05, 0) is 53.0 Å². The molecule has 1 heterocycles. The summed E-state index contributed by atoms with van der Waals surface area (Å²) >= 11 is 1.52. The highest BCUT2D eigenvalue weighted by atomic mass is 32.2. The first kappa shape index (κ1) is 19.0. The minimum atomic E-state index is -0.248. The maximum atomic E-state index is 13.2. The van der Waals surface area contributed by atoms with E-state index in [0.29, 0.717) is 12.6 Å². The lowest BCUT2D eigenvalue weighted by Gasteiger charge is -2.37. The molecule has 2 aromatic rings. The molecule has 0 N–H and O–H groups in total. The van der Waals surface area contributed by atoms with Gasteiger partial charge in [-0.3, -0.25) is 4.79 Å². The highest BCUT2D eigenvalue weighted by Gasteiger charge is 2.33. The van der Waals surface area contributed by atoms with Crippen LogP contribution in [0.15, 0.2) is 35.5 Å². The van der Waals surface area contributed by atoms with Crippen molar-refractivity contribution in [2.45, 2.75) is 76.0 Å². The van der Waals surface area contributed by atoms with Crippen LogP contribution < -0.4 is 0 Å². The average molecular weight is 373 g/mol. The Labute approximate surface area is 160 Å². The zero-order chi connectivity index (χ0) is 18.9. The molecule has 1 aromatic carbocycles. The van der Waals surface area contributed by atoms with Crippen molar-refractivity contribution in [2.75, 3.05) is 0 Å². The first-order valence-corrected chi connectivity index (χ1v) is 10.1. The number of amides is 1. The lowest BCUT2D eigenvalue weighted by Crippen LogP contribution is -2.48. The number of aromatic nitrogens is 3. The lowest BCUT2D eigenvalue weighted by atomic mass is 10.0. The molecule has 0 bridgehead atoms. The third-order valence-corrected chi connectivity index (χ3v) is 5.68. The standard InChI is InChI=1S/C20H28N4OS/c1-14(26-19-22-21-15(2)24(19)17-11-12-17)18(25)23(20(3,4)5)13-16-9-7-6-8-10-16/h6-10,14,17H,11-13H2,1-5H3/t14-/m0/s1. The second kappa shape index (κ2) is 7.43. The van der Waals surface area contributed by atoms with Crippen LogP contribution in [0.1, 0.15) is 58.0 Å². The van der Waals surface area contributed by atoms with E-state index in [0.717, 1.165) is 16.5 Å². The molecule has 0 spiro atoms. The molecule has 0 aliphatic heterocycles. The van der Waals surface area contributed by atoms with Crippen molar-refractivity contribution in [3.05, 3.63) is 41.7 Å². The molecule has 1 saturated carbocycles. The van der Waals surface area contributed by atoms with E-state index in [2.05, 4.69) is 47.7 Å². The van der Waals surface area contributed by atoms with E-state index in [1.54, 1.807) is 0 Å². The normalized spacial score (nSPS) is 15.7. The van der Waals surface area contributed by atoms with Gasteiger partial charge >= 0.3 is 0 Å². The Morgan fingerprint density at radius 1 is 1.27 bits per heavy atom. The molecule has 1 amide bonds. The summed E-state index contributed by atoms with van der Waals surface area (Å²) in [5, 5.41) is 9.18. The van der Waals surface area contributed by atoms with E-state index in [9.17, 15) is 4.79 Å². The molecule has 26 heavy (non-hydrogen) atoms. The highest BCUT2D eigenvalue weighted by molar-refractivity contribution is 8.00. The van der Waals surface area contributed by atoms with Crippen LogP contribution in [-0.2, 0) is 11.3 Å². The summed E-state index contributed by atoms with van der Waals surface area (Å²) in [5.41, 5.74) is 0.895. The minimum absolute atomic E-state index is 0.134. The van der Waals surface area contributed by atoms with Crippen molar-refractivity contribution in [2.24, 2.45) is 0 Å². The minimum Gasteiger partial charge on any atom is -0.333 e. The molecule has 6 heteroatoms. The van der Waals surface area contributed by atoms with Crippen molar-refractivity contribution >= 4 is 17.7 Å². The van der Waals surface area contributed by atoms with Gasteiger partial charge < -0.3 is 9.47 Å².